The number of nitrogens with one attached hydrogen (secondary N) is 2. The van der Waals surface area contributed by atoms with Gasteiger partial charge in [-0.25, -0.2) is 0 Å². The average molecular weight is 366 g/mol. The van der Waals surface area contributed by atoms with Crippen LogP contribution >= 0.6 is 34.8 Å². The molecule has 22 heavy (non-hydrogen) atoms. The van der Waals surface area contributed by atoms with E-state index in [0.717, 1.165) is 5.56 Å². The summed E-state index contributed by atoms with van der Waals surface area (Å²) >= 11 is 17.7. The highest BCUT2D eigenvalue weighted by atomic mass is 35.6. The summed E-state index contributed by atoms with van der Waals surface area (Å²) in [6.07, 6.45) is -0.771. The van der Waals surface area contributed by atoms with Crippen LogP contribution in [-0.2, 0) is 5.41 Å². The topological polar surface area (TPSA) is 41.1 Å². The van der Waals surface area contributed by atoms with E-state index in [-0.39, 0.29) is 17.4 Å². The van der Waals surface area contributed by atoms with Gasteiger partial charge in [-0.1, -0.05) is 67.7 Å². The first-order chi connectivity index (χ1) is 9.91. The maximum atomic E-state index is 12.3. The molecular weight excluding hydrogens is 343 g/mol. The van der Waals surface area contributed by atoms with Crippen LogP contribution in [0.4, 0.5) is 0 Å². The van der Waals surface area contributed by atoms with Crippen LogP contribution in [0, 0.1) is 0 Å². The Labute approximate surface area is 147 Å². The molecular formula is C16H23Cl3N2O. The lowest BCUT2D eigenvalue weighted by Crippen LogP contribution is -2.55. The second-order valence-electron chi connectivity index (χ2n) is 6.60. The fourth-order valence-electron chi connectivity index (χ4n) is 1.89. The van der Waals surface area contributed by atoms with E-state index in [0.29, 0.717) is 5.56 Å². The van der Waals surface area contributed by atoms with Crippen LogP contribution in [0.15, 0.2) is 24.3 Å². The number of alkyl halides is 3. The van der Waals surface area contributed by atoms with Gasteiger partial charge in [0.2, 0.25) is 3.79 Å². The van der Waals surface area contributed by atoms with Crippen LogP contribution < -0.4 is 10.6 Å². The number of carbonyl (C=O) groups is 1. The minimum absolute atomic E-state index is 0.0360. The second kappa shape index (κ2) is 7.39. The molecule has 0 aliphatic rings. The molecule has 1 rings (SSSR count). The van der Waals surface area contributed by atoms with Gasteiger partial charge < -0.3 is 5.32 Å². The zero-order chi connectivity index (χ0) is 17.1. The SMILES string of the molecule is CC(C)N[C@H](NC(=O)c1ccc(C(C)(C)C)cc1)C(Cl)(Cl)Cl. The maximum absolute atomic E-state index is 12.3. The third-order valence-electron chi connectivity index (χ3n) is 3.12. The van der Waals surface area contributed by atoms with Crippen molar-refractivity contribution in [3.8, 4) is 0 Å². The van der Waals surface area contributed by atoms with Crippen LogP contribution in [0.5, 0.6) is 0 Å². The Morgan fingerprint density at radius 2 is 1.55 bits per heavy atom. The number of benzene rings is 1. The van der Waals surface area contributed by atoms with Crippen LogP contribution in [0.25, 0.3) is 0 Å². The minimum atomic E-state index is -1.63. The Balaban J connectivity index is 2.86. The molecule has 0 saturated carbocycles. The molecule has 0 spiro atoms. The molecule has 2 N–H and O–H groups in total. The van der Waals surface area contributed by atoms with E-state index in [1.807, 2.05) is 26.0 Å². The molecule has 0 fully saturated rings. The van der Waals surface area contributed by atoms with Crippen molar-refractivity contribution in [2.75, 3.05) is 0 Å². The lowest BCUT2D eigenvalue weighted by Gasteiger charge is -2.28. The lowest BCUT2D eigenvalue weighted by atomic mass is 9.87. The van der Waals surface area contributed by atoms with Crippen molar-refractivity contribution in [3.63, 3.8) is 0 Å². The number of hydrogen-bond acceptors (Lipinski definition) is 2. The molecule has 1 atom stereocenters. The van der Waals surface area contributed by atoms with E-state index in [4.69, 9.17) is 34.8 Å². The van der Waals surface area contributed by atoms with E-state index >= 15 is 0 Å². The molecule has 1 aromatic carbocycles. The van der Waals surface area contributed by atoms with Crippen molar-refractivity contribution in [2.45, 2.75) is 56.0 Å². The summed E-state index contributed by atoms with van der Waals surface area (Å²) in [5, 5.41) is 5.75. The van der Waals surface area contributed by atoms with E-state index in [1.54, 1.807) is 12.1 Å². The molecule has 0 aliphatic heterocycles. The number of amides is 1. The third-order valence-corrected chi connectivity index (χ3v) is 3.77. The number of hydrogen-bond donors (Lipinski definition) is 2. The Morgan fingerprint density at radius 1 is 1.05 bits per heavy atom. The summed E-state index contributed by atoms with van der Waals surface area (Å²) in [6.45, 7) is 10.2. The zero-order valence-electron chi connectivity index (χ0n) is 13.5. The van der Waals surface area contributed by atoms with Crippen LogP contribution in [-0.4, -0.2) is 21.9 Å². The Kier molecular flexibility index (Phi) is 6.58. The quantitative estimate of drug-likeness (QED) is 0.613. The molecule has 1 aromatic rings. The van der Waals surface area contributed by atoms with Crippen molar-refractivity contribution in [3.05, 3.63) is 35.4 Å². The maximum Gasteiger partial charge on any atom is 0.252 e. The number of halogens is 3. The molecule has 0 saturated heterocycles. The number of carbonyl (C=O) groups excluding carboxylic acids is 1. The first kappa shape index (κ1) is 19.6. The Hall–Kier alpha value is -0.480. The van der Waals surface area contributed by atoms with Gasteiger partial charge in [-0.3, -0.25) is 10.1 Å². The zero-order valence-corrected chi connectivity index (χ0v) is 15.8. The van der Waals surface area contributed by atoms with Gasteiger partial charge in [0, 0.05) is 11.6 Å². The molecule has 0 bridgehead atoms. The third kappa shape index (κ3) is 5.96. The van der Waals surface area contributed by atoms with Gasteiger partial charge in [0.25, 0.3) is 5.91 Å². The molecule has 6 heteroatoms. The monoisotopic (exact) mass is 364 g/mol. The van der Waals surface area contributed by atoms with Gasteiger partial charge in [0.05, 0.1) is 0 Å². The van der Waals surface area contributed by atoms with E-state index < -0.39 is 9.96 Å². The predicted octanol–water partition coefficient (Wildman–Crippen LogP) is 4.41. The van der Waals surface area contributed by atoms with E-state index in [9.17, 15) is 4.79 Å². The average Bonchev–Trinajstić information content (AvgIpc) is 2.35. The molecule has 3 nitrogen and oxygen atoms in total. The largest absolute Gasteiger partial charge is 0.333 e. The molecule has 1 amide bonds. The highest BCUT2D eigenvalue weighted by molar-refractivity contribution is 6.68. The summed E-state index contributed by atoms with van der Waals surface area (Å²) in [6, 6.07) is 7.50. The molecule has 0 aromatic heterocycles. The van der Waals surface area contributed by atoms with Gasteiger partial charge in [-0.05, 0) is 37.0 Å². The summed E-state index contributed by atoms with van der Waals surface area (Å²) in [5.74, 6) is -0.287. The predicted molar refractivity (Wildman–Crippen MR) is 95.0 cm³/mol. The van der Waals surface area contributed by atoms with Crippen molar-refractivity contribution in [2.24, 2.45) is 0 Å². The van der Waals surface area contributed by atoms with E-state index in [1.165, 1.54) is 0 Å². The molecule has 0 heterocycles. The first-order valence-corrected chi connectivity index (χ1v) is 8.29. The molecule has 124 valence electrons. The van der Waals surface area contributed by atoms with Crippen LogP contribution in [0.1, 0.15) is 50.5 Å². The molecule has 0 aliphatic carbocycles. The van der Waals surface area contributed by atoms with Crippen LogP contribution in [0.2, 0.25) is 0 Å². The standard InChI is InChI=1S/C16H23Cl3N2O/c1-10(2)20-14(16(17,18)19)21-13(22)11-6-8-12(9-7-11)15(3,4)5/h6-10,14,20H,1-5H3,(H,21,22)/t14-/m1/s1. The van der Waals surface area contributed by atoms with Crippen molar-refractivity contribution >= 4 is 40.7 Å². The fraction of sp³-hybridized carbons (Fsp3) is 0.562. The summed E-state index contributed by atoms with van der Waals surface area (Å²) < 4.78 is -1.63. The highest BCUT2D eigenvalue weighted by Crippen LogP contribution is 2.29. The van der Waals surface area contributed by atoms with Gasteiger partial charge in [-0.2, -0.15) is 0 Å². The second-order valence-corrected chi connectivity index (χ2v) is 8.97. The fourth-order valence-corrected chi connectivity index (χ4v) is 2.24. The van der Waals surface area contributed by atoms with Gasteiger partial charge in [0.1, 0.15) is 6.17 Å². The summed E-state index contributed by atoms with van der Waals surface area (Å²) in [5.41, 5.74) is 1.72. The molecule has 0 radical (unpaired) electrons. The van der Waals surface area contributed by atoms with Crippen molar-refractivity contribution in [1.82, 2.24) is 10.6 Å². The summed E-state index contributed by atoms with van der Waals surface area (Å²) in [4.78, 5) is 12.3. The van der Waals surface area contributed by atoms with Crippen molar-refractivity contribution < 1.29 is 4.79 Å². The van der Waals surface area contributed by atoms with Gasteiger partial charge in [-0.15, -0.1) is 0 Å². The normalized spacial score (nSPS) is 14.0. The van der Waals surface area contributed by atoms with Gasteiger partial charge in [0.15, 0.2) is 0 Å². The smallest absolute Gasteiger partial charge is 0.252 e. The van der Waals surface area contributed by atoms with E-state index in [2.05, 4.69) is 31.4 Å². The minimum Gasteiger partial charge on any atom is -0.333 e. The lowest BCUT2D eigenvalue weighted by molar-refractivity contribution is 0.0927. The van der Waals surface area contributed by atoms with Crippen molar-refractivity contribution in [1.29, 1.82) is 0 Å². The summed E-state index contributed by atoms with van der Waals surface area (Å²) in [7, 11) is 0. The Bertz CT molecular complexity index is 502. The number of rotatable bonds is 4. The Morgan fingerprint density at radius 3 is 1.91 bits per heavy atom. The molecule has 0 unspecified atom stereocenters. The van der Waals surface area contributed by atoms with Crippen LogP contribution in [0.3, 0.4) is 0 Å². The van der Waals surface area contributed by atoms with Gasteiger partial charge >= 0.3 is 0 Å². The first-order valence-electron chi connectivity index (χ1n) is 7.15. The highest BCUT2D eigenvalue weighted by Gasteiger charge is 2.34.